The van der Waals surface area contributed by atoms with E-state index in [1.807, 2.05) is 41.0 Å². The fourth-order valence-corrected chi connectivity index (χ4v) is 7.38. The molecule has 0 spiro atoms. The van der Waals surface area contributed by atoms with Crippen LogP contribution in [-0.2, 0) is 14.8 Å². The van der Waals surface area contributed by atoms with Crippen LogP contribution >= 0.6 is 11.8 Å². The number of fused-ring (bicyclic) bond motifs is 1. The zero-order valence-electron chi connectivity index (χ0n) is 22.4. The third-order valence-electron chi connectivity index (χ3n) is 7.22. The van der Waals surface area contributed by atoms with Crippen molar-refractivity contribution < 1.29 is 17.9 Å². The van der Waals surface area contributed by atoms with Gasteiger partial charge in [0, 0.05) is 29.3 Å². The van der Waals surface area contributed by atoms with Crippen LogP contribution in [0.5, 0.6) is 5.75 Å². The Morgan fingerprint density at radius 3 is 2.54 bits per heavy atom. The van der Waals surface area contributed by atoms with Gasteiger partial charge >= 0.3 is 0 Å². The maximum absolute atomic E-state index is 13.7. The molecular formula is C30H29N5O4S2. The van der Waals surface area contributed by atoms with Crippen LogP contribution < -0.4 is 10.1 Å². The molecule has 0 unspecified atom stereocenters. The lowest BCUT2D eigenvalue weighted by Crippen LogP contribution is -2.33. The number of hydrogen-bond donors (Lipinski definition) is 1. The minimum atomic E-state index is -3.89. The lowest BCUT2D eigenvalue weighted by Gasteiger charge is -2.13. The van der Waals surface area contributed by atoms with Gasteiger partial charge in [-0.15, -0.1) is 10.2 Å². The van der Waals surface area contributed by atoms with E-state index in [9.17, 15) is 13.2 Å². The average molecular weight is 588 g/mol. The molecule has 2 aromatic heterocycles. The minimum Gasteiger partial charge on any atom is -0.497 e. The molecule has 0 radical (unpaired) electrons. The first-order valence-electron chi connectivity index (χ1n) is 13.4. The number of carbonyl (C=O) groups is 1. The number of rotatable bonds is 9. The fourth-order valence-electron chi connectivity index (χ4n) is 5.22. The summed E-state index contributed by atoms with van der Waals surface area (Å²) in [6, 6.07) is 23.3. The van der Waals surface area contributed by atoms with Crippen molar-refractivity contribution >= 4 is 38.6 Å². The van der Waals surface area contributed by atoms with Crippen LogP contribution in [0.1, 0.15) is 25.7 Å². The molecule has 1 aliphatic rings. The first-order valence-corrected chi connectivity index (χ1v) is 15.8. The van der Waals surface area contributed by atoms with Gasteiger partial charge in [-0.05, 0) is 43.2 Å². The first-order chi connectivity index (χ1) is 20.0. The summed E-state index contributed by atoms with van der Waals surface area (Å²) in [5.41, 5.74) is 1.85. The molecule has 3 aromatic carbocycles. The van der Waals surface area contributed by atoms with Crippen LogP contribution in [0.15, 0.2) is 95.1 Å². The molecule has 5 aromatic rings. The predicted octanol–water partition coefficient (Wildman–Crippen LogP) is 5.29. The number of carbonyl (C=O) groups excluding carboxylic acids is 1. The number of nitrogens with zero attached hydrogens (tertiary/aromatic N) is 4. The number of para-hydroxylation sites is 1. The fraction of sp³-hybridized carbons (Fsp3) is 0.233. The van der Waals surface area contributed by atoms with Crippen LogP contribution in [-0.4, -0.2) is 52.0 Å². The monoisotopic (exact) mass is 587 g/mol. The Bertz CT molecular complexity index is 1810. The van der Waals surface area contributed by atoms with Crippen molar-refractivity contribution in [2.75, 3.05) is 12.9 Å². The predicted molar refractivity (Wildman–Crippen MR) is 159 cm³/mol. The highest BCUT2D eigenvalue weighted by molar-refractivity contribution is 7.99. The van der Waals surface area contributed by atoms with Crippen molar-refractivity contribution in [2.24, 2.45) is 0 Å². The number of benzene rings is 3. The summed E-state index contributed by atoms with van der Waals surface area (Å²) < 4.78 is 36.0. The van der Waals surface area contributed by atoms with Gasteiger partial charge in [0.15, 0.2) is 11.0 Å². The highest BCUT2D eigenvalue weighted by Gasteiger charge is 2.26. The Balaban J connectivity index is 1.45. The third kappa shape index (κ3) is 5.34. The van der Waals surface area contributed by atoms with Crippen LogP contribution in [0, 0.1) is 0 Å². The summed E-state index contributed by atoms with van der Waals surface area (Å²) in [7, 11) is -2.29. The normalized spacial score (nSPS) is 14.0. The van der Waals surface area contributed by atoms with Crippen LogP contribution in [0.4, 0.5) is 0 Å². The molecule has 1 aliphatic carbocycles. The number of methoxy groups -OCH3 is 1. The van der Waals surface area contributed by atoms with E-state index in [1.54, 1.807) is 55.8 Å². The topological polar surface area (TPSA) is 108 Å². The summed E-state index contributed by atoms with van der Waals surface area (Å²) in [5, 5.41) is 13.3. The van der Waals surface area contributed by atoms with E-state index in [1.165, 1.54) is 15.7 Å². The molecule has 41 heavy (non-hydrogen) atoms. The Morgan fingerprint density at radius 1 is 1.00 bits per heavy atom. The van der Waals surface area contributed by atoms with Gasteiger partial charge in [-0.2, -0.15) is 0 Å². The number of aromatic nitrogens is 4. The number of thioether (sulfide) groups is 1. The van der Waals surface area contributed by atoms with Crippen molar-refractivity contribution in [2.45, 2.75) is 41.8 Å². The molecule has 2 heterocycles. The maximum Gasteiger partial charge on any atom is 0.268 e. The molecule has 9 nitrogen and oxygen atoms in total. The molecule has 11 heteroatoms. The highest BCUT2D eigenvalue weighted by atomic mass is 32.2. The standard InChI is InChI=1S/C30H29N5O4S2/c1-39-23-13-9-12-22(18-23)35-29(32-33-30(35)40-20-28(36)31-21-10-5-6-11-21)26-19-34(27-17-8-7-16-25(26)27)41(37,38)24-14-3-2-4-15-24/h2-4,7-9,12-19,21H,5-6,10-11,20H2,1H3,(H,31,36). The van der Waals surface area contributed by atoms with E-state index in [4.69, 9.17) is 4.74 Å². The minimum absolute atomic E-state index is 0.0470. The van der Waals surface area contributed by atoms with E-state index >= 15 is 0 Å². The van der Waals surface area contributed by atoms with Crippen LogP contribution in [0.3, 0.4) is 0 Å². The van der Waals surface area contributed by atoms with Gasteiger partial charge in [-0.25, -0.2) is 12.4 Å². The van der Waals surface area contributed by atoms with Gasteiger partial charge in [0.05, 0.1) is 29.0 Å². The second-order valence-corrected chi connectivity index (χ2v) is 12.6. The molecule has 0 atom stereocenters. The second-order valence-electron chi connectivity index (χ2n) is 9.85. The summed E-state index contributed by atoms with van der Waals surface area (Å²) in [6.45, 7) is 0. The molecule has 1 amide bonds. The summed E-state index contributed by atoms with van der Waals surface area (Å²) in [5.74, 6) is 1.23. The van der Waals surface area contributed by atoms with Crippen molar-refractivity contribution in [1.29, 1.82) is 0 Å². The molecule has 1 fully saturated rings. The lowest BCUT2D eigenvalue weighted by molar-refractivity contribution is -0.119. The van der Waals surface area contributed by atoms with Crippen molar-refractivity contribution in [1.82, 2.24) is 24.1 Å². The number of hydrogen-bond acceptors (Lipinski definition) is 7. The Labute approximate surface area is 242 Å². The van der Waals surface area contributed by atoms with E-state index in [-0.39, 0.29) is 22.6 Å². The number of amides is 1. The van der Waals surface area contributed by atoms with Gasteiger partial charge < -0.3 is 10.1 Å². The van der Waals surface area contributed by atoms with Crippen molar-refractivity contribution in [3.63, 3.8) is 0 Å². The summed E-state index contributed by atoms with van der Waals surface area (Å²) in [6.07, 6.45) is 5.89. The van der Waals surface area contributed by atoms with E-state index in [0.717, 1.165) is 31.4 Å². The molecule has 1 N–H and O–H groups in total. The quantitative estimate of drug-likeness (QED) is 0.234. The largest absolute Gasteiger partial charge is 0.497 e. The van der Waals surface area contributed by atoms with Crippen LogP contribution in [0.2, 0.25) is 0 Å². The number of ether oxygens (including phenoxy) is 1. The first kappa shape index (κ1) is 27.1. The van der Waals surface area contributed by atoms with Crippen molar-refractivity contribution in [3.8, 4) is 22.8 Å². The molecule has 0 saturated heterocycles. The average Bonchev–Trinajstić information content (AvgIpc) is 3.75. The van der Waals surface area contributed by atoms with Gasteiger partial charge in [0.2, 0.25) is 5.91 Å². The second kappa shape index (κ2) is 11.4. The zero-order chi connectivity index (χ0) is 28.4. The SMILES string of the molecule is COc1cccc(-n2c(SCC(=O)NC3CCCC3)nnc2-c2cn(S(=O)(=O)c3ccccc3)c3ccccc23)c1. The molecule has 1 saturated carbocycles. The summed E-state index contributed by atoms with van der Waals surface area (Å²) in [4.78, 5) is 12.9. The Kier molecular flexibility index (Phi) is 7.55. The Hall–Kier alpha value is -4.09. The third-order valence-corrected chi connectivity index (χ3v) is 9.83. The Morgan fingerprint density at radius 2 is 1.76 bits per heavy atom. The van der Waals surface area contributed by atoms with Crippen LogP contribution in [0.25, 0.3) is 28.0 Å². The van der Waals surface area contributed by atoms with Crippen molar-refractivity contribution in [3.05, 3.63) is 85.1 Å². The van der Waals surface area contributed by atoms with Gasteiger partial charge in [-0.1, -0.05) is 67.1 Å². The van der Waals surface area contributed by atoms with E-state index < -0.39 is 10.0 Å². The maximum atomic E-state index is 13.7. The lowest BCUT2D eigenvalue weighted by atomic mass is 10.1. The molecular weight excluding hydrogens is 558 g/mol. The van der Waals surface area contributed by atoms with E-state index in [0.29, 0.717) is 33.2 Å². The van der Waals surface area contributed by atoms with E-state index in [2.05, 4.69) is 15.5 Å². The van der Waals surface area contributed by atoms with Gasteiger partial charge in [0.1, 0.15) is 5.75 Å². The van der Waals surface area contributed by atoms with Gasteiger partial charge in [-0.3, -0.25) is 9.36 Å². The van der Waals surface area contributed by atoms with Gasteiger partial charge in [0.25, 0.3) is 10.0 Å². The smallest absolute Gasteiger partial charge is 0.268 e. The highest BCUT2D eigenvalue weighted by Crippen LogP contribution is 2.36. The molecule has 0 bridgehead atoms. The zero-order valence-corrected chi connectivity index (χ0v) is 24.1. The molecule has 6 rings (SSSR count). The number of nitrogens with one attached hydrogen (secondary N) is 1. The molecule has 0 aliphatic heterocycles. The summed E-state index contributed by atoms with van der Waals surface area (Å²) >= 11 is 1.29. The molecule has 210 valence electrons.